The van der Waals surface area contributed by atoms with Crippen molar-refractivity contribution in [1.29, 1.82) is 0 Å². The fourth-order valence-corrected chi connectivity index (χ4v) is 4.92. The van der Waals surface area contributed by atoms with Gasteiger partial charge in [-0.3, -0.25) is 0 Å². The van der Waals surface area contributed by atoms with Gasteiger partial charge in [0.25, 0.3) is 0 Å². The van der Waals surface area contributed by atoms with Crippen molar-refractivity contribution in [2.75, 3.05) is 7.11 Å². The number of ether oxygens (including phenoxy) is 1. The van der Waals surface area contributed by atoms with E-state index in [9.17, 15) is 0 Å². The minimum absolute atomic E-state index is 0.764. The minimum Gasteiger partial charge on any atom is -0.497 e. The first-order chi connectivity index (χ1) is 16.7. The summed E-state index contributed by atoms with van der Waals surface area (Å²) in [7, 11) is 1.68. The maximum absolute atomic E-state index is 6.85. The summed E-state index contributed by atoms with van der Waals surface area (Å²) in [6.45, 7) is 0. The van der Waals surface area contributed by atoms with Gasteiger partial charge in [0, 0.05) is 27.5 Å². The first-order valence-electron chi connectivity index (χ1n) is 11.1. The van der Waals surface area contributed by atoms with Crippen LogP contribution in [0.2, 0.25) is 5.02 Å². The second kappa shape index (κ2) is 8.36. The molecular weight excluding hydrogens is 440 g/mol. The lowest BCUT2D eigenvalue weighted by atomic mass is 9.96. The summed E-state index contributed by atoms with van der Waals surface area (Å²) in [4.78, 5) is 8.83. The summed E-state index contributed by atoms with van der Waals surface area (Å²) in [5, 5.41) is 4.94. The topological polar surface area (TPSA) is 37.9 Å². The van der Waals surface area contributed by atoms with Crippen molar-refractivity contribution in [3.63, 3.8) is 0 Å². The van der Waals surface area contributed by atoms with Crippen molar-refractivity contribution in [1.82, 2.24) is 9.97 Å². The molecular formula is C30H21ClN2O. The number of rotatable bonds is 4. The van der Waals surface area contributed by atoms with Crippen molar-refractivity contribution < 1.29 is 4.74 Å². The first kappa shape index (κ1) is 20.5. The van der Waals surface area contributed by atoms with Crippen molar-refractivity contribution in [2.45, 2.75) is 0 Å². The van der Waals surface area contributed by atoms with E-state index in [4.69, 9.17) is 21.3 Å². The molecule has 0 aliphatic heterocycles. The van der Waals surface area contributed by atoms with E-state index < -0.39 is 0 Å². The number of aromatic amines is 1. The van der Waals surface area contributed by atoms with Crippen LogP contribution in [-0.2, 0) is 0 Å². The molecule has 34 heavy (non-hydrogen) atoms. The Bertz CT molecular complexity index is 1580. The fraction of sp³-hybridized carbons (Fsp3) is 0.0333. The zero-order valence-corrected chi connectivity index (χ0v) is 19.3. The molecule has 0 spiro atoms. The van der Waals surface area contributed by atoms with Gasteiger partial charge in [-0.1, -0.05) is 90.5 Å². The van der Waals surface area contributed by atoms with Gasteiger partial charge in [0.05, 0.1) is 23.5 Å². The van der Waals surface area contributed by atoms with E-state index in [-0.39, 0.29) is 0 Å². The van der Waals surface area contributed by atoms with Gasteiger partial charge in [-0.15, -0.1) is 0 Å². The Morgan fingerprint density at radius 1 is 0.647 bits per heavy atom. The van der Waals surface area contributed by atoms with Crippen molar-refractivity contribution >= 4 is 33.1 Å². The number of methoxy groups -OCH3 is 1. The van der Waals surface area contributed by atoms with Crippen LogP contribution in [-0.4, -0.2) is 17.1 Å². The molecule has 1 N–H and O–H groups in total. The number of benzene rings is 5. The number of H-pyrrole nitrogens is 1. The Morgan fingerprint density at radius 2 is 1.21 bits per heavy atom. The molecule has 0 saturated carbocycles. The number of aromatic nitrogens is 2. The third-order valence-electron chi connectivity index (χ3n) is 6.23. The van der Waals surface area contributed by atoms with Crippen molar-refractivity contribution in [2.24, 2.45) is 0 Å². The van der Waals surface area contributed by atoms with Gasteiger partial charge in [0.2, 0.25) is 0 Å². The highest BCUT2D eigenvalue weighted by molar-refractivity contribution is 6.42. The smallest absolute Gasteiger partial charge is 0.139 e. The lowest BCUT2D eigenvalue weighted by Gasteiger charge is -2.12. The van der Waals surface area contributed by atoms with E-state index in [1.165, 1.54) is 0 Å². The molecule has 1 heterocycles. The first-order valence-corrected chi connectivity index (χ1v) is 11.5. The summed E-state index contributed by atoms with van der Waals surface area (Å²) in [5.74, 6) is 1.63. The normalized spacial score (nSPS) is 11.2. The van der Waals surface area contributed by atoms with Gasteiger partial charge in [-0.05, 0) is 35.0 Å². The third-order valence-corrected chi connectivity index (χ3v) is 6.64. The molecule has 0 aliphatic carbocycles. The van der Waals surface area contributed by atoms with Crippen molar-refractivity contribution in [3.8, 4) is 39.7 Å². The maximum Gasteiger partial charge on any atom is 0.139 e. The van der Waals surface area contributed by atoms with E-state index in [1.54, 1.807) is 7.11 Å². The van der Waals surface area contributed by atoms with E-state index >= 15 is 0 Å². The van der Waals surface area contributed by atoms with Crippen LogP contribution in [0, 0.1) is 0 Å². The standard InChI is InChI=1S/C30H21ClN2O/c1-34-21-17-15-20(16-18-21)29-28(19-9-3-2-4-10-19)32-30(33-29)26-22-11-5-7-13-24(22)27(31)25-14-8-6-12-23(25)26/h2-18H,1H3,(H,32,33). The number of nitrogens with zero attached hydrogens (tertiary/aromatic N) is 1. The molecule has 164 valence electrons. The molecule has 5 aromatic carbocycles. The number of imidazole rings is 1. The number of hydrogen-bond donors (Lipinski definition) is 1. The van der Waals surface area contributed by atoms with Crippen LogP contribution < -0.4 is 4.74 Å². The fourth-order valence-electron chi connectivity index (χ4n) is 4.59. The van der Waals surface area contributed by atoms with Gasteiger partial charge < -0.3 is 9.72 Å². The Balaban J connectivity index is 1.68. The zero-order valence-electron chi connectivity index (χ0n) is 18.5. The lowest BCUT2D eigenvalue weighted by molar-refractivity contribution is 0.415. The molecule has 3 nitrogen and oxygen atoms in total. The average Bonchev–Trinajstić information content (AvgIpc) is 3.34. The Hall–Kier alpha value is -4.08. The van der Waals surface area contributed by atoms with E-state index in [0.717, 1.165) is 66.2 Å². The molecule has 0 radical (unpaired) electrons. The van der Waals surface area contributed by atoms with Crippen LogP contribution in [0.4, 0.5) is 0 Å². The second-order valence-corrected chi connectivity index (χ2v) is 8.56. The number of hydrogen-bond acceptors (Lipinski definition) is 2. The molecule has 0 unspecified atom stereocenters. The SMILES string of the molecule is COc1ccc(-c2[nH]c(-c3c4ccccc4c(Cl)c4ccccc34)nc2-c2ccccc2)cc1. The summed E-state index contributed by atoms with van der Waals surface area (Å²) in [6.07, 6.45) is 0. The lowest BCUT2D eigenvalue weighted by Crippen LogP contribution is -1.89. The highest BCUT2D eigenvalue weighted by Gasteiger charge is 2.20. The summed E-state index contributed by atoms with van der Waals surface area (Å²) in [6, 6.07) is 34.8. The molecule has 0 atom stereocenters. The molecule has 1 aromatic heterocycles. The van der Waals surface area contributed by atoms with Gasteiger partial charge in [0.1, 0.15) is 11.6 Å². The van der Waals surface area contributed by atoms with E-state index in [0.29, 0.717) is 0 Å². The summed E-state index contributed by atoms with van der Waals surface area (Å²) < 4.78 is 5.36. The molecule has 0 saturated heterocycles. The van der Waals surface area contributed by atoms with Crippen molar-refractivity contribution in [3.05, 3.63) is 108 Å². The number of fused-ring (bicyclic) bond motifs is 2. The Kier molecular flexibility index (Phi) is 5.05. The van der Waals surface area contributed by atoms with Crippen LogP contribution in [0.15, 0.2) is 103 Å². The summed E-state index contributed by atoms with van der Waals surface area (Å²) in [5.41, 5.74) is 5.02. The number of nitrogens with one attached hydrogen (secondary N) is 1. The number of halogens is 1. The molecule has 0 amide bonds. The largest absolute Gasteiger partial charge is 0.497 e. The quantitative estimate of drug-likeness (QED) is 0.268. The van der Waals surface area contributed by atoms with E-state index in [1.807, 2.05) is 54.6 Å². The van der Waals surface area contributed by atoms with Gasteiger partial charge in [-0.2, -0.15) is 0 Å². The van der Waals surface area contributed by atoms with Crippen LogP contribution in [0.1, 0.15) is 0 Å². The third kappa shape index (κ3) is 3.33. The van der Waals surface area contributed by atoms with Crippen LogP contribution in [0.25, 0.3) is 55.4 Å². The molecule has 0 fully saturated rings. The Morgan fingerprint density at radius 3 is 1.79 bits per heavy atom. The maximum atomic E-state index is 6.85. The van der Waals surface area contributed by atoms with Crippen LogP contribution in [0.5, 0.6) is 5.75 Å². The second-order valence-electron chi connectivity index (χ2n) is 8.18. The monoisotopic (exact) mass is 460 g/mol. The predicted molar refractivity (Wildman–Crippen MR) is 141 cm³/mol. The Labute approximate surface area is 202 Å². The zero-order chi connectivity index (χ0) is 23.1. The minimum atomic E-state index is 0.764. The predicted octanol–water partition coefficient (Wildman–Crippen LogP) is 8.38. The van der Waals surface area contributed by atoms with Crippen LogP contribution >= 0.6 is 11.6 Å². The molecule has 6 aromatic rings. The molecule has 0 bridgehead atoms. The summed E-state index contributed by atoms with van der Waals surface area (Å²) >= 11 is 6.85. The highest BCUT2D eigenvalue weighted by atomic mass is 35.5. The van der Waals surface area contributed by atoms with Gasteiger partial charge >= 0.3 is 0 Å². The molecule has 4 heteroatoms. The van der Waals surface area contributed by atoms with Gasteiger partial charge in [-0.25, -0.2) is 4.98 Å². The molecule has 0 aliphatic rings. The van der Waals surface area contributed by atoms with Gasteiger partial charge in [0.15, 0.2) is 0 Å². The van der Waals surface area contributed by atoms with Crippen LogP contribution in [0.3, 0.4) is 0 Å². The molecule has 6 rings (SSSR count). The van der Waals surface area contributed by atoms with E-state index in [2.05, 4.69) is 53.5 Å². The highest BCUT2D eigenvalue weighted by Crippen LogP contribution is 2.42. The average molecular weight is 461 g/mol.